The van der Waals surface area contributed by atoms with Crippen molar-refractivity contribution in [1.29, 1.82) is 0 Å². The van der Waals surface area contributed by atoms with Crippen molar-refractivity contribution in [2.24, 2.45) is 16.3 Å². The number of H-pyrrole nitrogens is 1. The van der Waals surface area contributed by atoms with Crippen molar-refractivity contribution in [3.63, 3.8) is 0 Å². The molecule has 1 aromatic carbocycles. The fourth-order valence-electron chi connectivity index (χ4n) is 4.87. The Labute approximate surface area is 240 Å². The zero-order valence-electron chi connectivity index (χ0n) is 24.7. The zero-order valence-corrected chi connectivity index (χ0v) is 24.7. The maximum atomic E-state index is 12.5. The topological polar surface area (TPSA) is 151 Å². The Morgan fingerprint density at radius 1 is 1.12 bits per heavy atom. The average molecular weight is 571 g/mol. The quantitative estimate of drug-likeness (QED) is 0.249. The van der Waals surface area contributed by atoms with Gasteiger partial charge in [-0.3, -0.25) is 9.59 Å². The predicted octanol–water partition coefficient (Wildman–Crippen LogP) is 4.76. The van der Waals surface area contributed by atoms with Gasteiger partial charge in [0.05, 0.1) is 25.3 Å². The second-order valence-electron chi connectivity index (χ2n) is 11.6. The molecule has 0 spiro atoms. The third kappa shape index (κ3) is 9.12. The number of esters is 1. The molecule has 0 radical (unpaired) electrons. The number of benzene rings is 1. The van der Waals surface area contributed by atoms with Gasteiger partial charge < -0.3 is 24.5 Å². The number of hydrogen-bond acceptors (Lipinski definition) is 7. The van der Waals surface area contributed by atoms with Crippen LogP contribution in [0.4, 0.5) is 4.79 Å². The van der Waals surface area contributed by atoms with Gasteiger partial charge in [0.15, 0.2) is 0 Å². The van der Waals surface area contributed by atoms with Gasteiger partial charge in [0, 0.05) is 18.0 Å². The van der Waals surface area contributed by atoms with Crippen LogP contribution in [-0.4, -0.2) is 70.5 Å². The minimum Gasteiger partial charge on any atom is -0.497 e. The van der Waals surface area contributed by atoms with Crippen molar-refractivity contribution < 1.29 is 29.0 Å². The number of aromatic nitrogens is 2. The van der Waals surface area contributed by atoms with Gasteiger partial charge in [-0.2, -0.15) is 4.99 Å². The van der Waals surface area contributed by atoms with Crippen molar-refractivity contribution in [1.82, 2.24) is 14.9 Å². The molecule has 2 aliphatic rings. The summed E-state index contributed by atoms with van der Waals surface area (Å²) in [6.07, 6.45) is 8.28. The summed E-state index contributed by atoms with van der Waals surface area (Å²) in [5.41, 5.74) is 1.34. The first-order valence-corrected chi connectivity index (χ1v) is 14.2. The predicted molar refractivity (Wildman–Crippen MR) is 155 cm³/mol. The van der Waals surface area contributed by atoms with E-state index in [0.29, 0.717) is 25.1 Å². The van der Waals surface area contributed by atoms with E-state index < -0.39 is 29.4 Å². The van der Waals surface area contributed by atoms with Crippen molar-refractivity contribution in [3.8, 4) is 5.75 Å². The minimum absolute atomic E-state index is 0.0687. The van der Waals surface area contributed by atoms with E-state index in [4.69, 9.17) is 9.84 Å². The Bertz CT molecular complexity index is 1320. The molecule has 1 unspecified atom stereocenters. The highest BCUT2D eigenvalue weighted by Gasteiger charge is 2.39. The van der Waals surface area contributed by atoms with E-state index in [9.17, 15) is 19.2 Å². The van der Waals surface area contributed by atoms with E-state index in [2.05, 4.69) is 19.7 Å². The number of carboxylic acid groups (broad SMARTS) is 1. The van der Waals surface area contributed by atoms with E-state index in [1.807, 2.05) is 18.2 Å². The Balaban J connectivity index is 0.000000226. The number of carbonyl (C=O) groups is 3. The molecular formula is C30H42N4O7. The van der Waals surface area contributed by atoms with Crippen LogP contribution < -0.4 is 10.3 Å². The number of methoxy groups -OCH3 is 2. The SMILES string of the molecule is COC(=O)C1CCCN1C(=O)/C(=N/C(=O)O)C(C)(C)C.COc1ccc2nc(CCCCCC3CC3)c(=O)[nH]c2c1. The molecule has 41 heavy (non-hydrogen) atoms. The molecule has 11 nitrogen and oxygen atoms in total. The molecule has 1 aromatic heterocycles. The fourth-order valence-corrected chi connectivity index (χ4v) is 4.87. The van der Waals surface area contributed by atoms with E-state index in [1.165, 1.54) is 44.1 Å². The number of ether oxygens (including phenoxy) is 2. The monoisotopic (exact) mass is 570 g/mol. The molecule has 224 valence electrons. The number of nitrogens with one attached hydrogen (secondary N) is 1. The smallest absolute Gasteiger partial charge is 0.431 e. The minimum atomic E-state index is -1.42. The summed E-state index contributed by atoms with van der Waals surface area (Å²) in [5.74, 6) is 0.724. The Hall–Kier alpha value is -3.76. The lowest BCUT2D eigenvalue weighted by Gasteiger charge is -2.27. The molecule has 2 aromatic rings. The molecule has 1 aliphatic heterocycles. The first kappa shape index (κ1) is 31.8. The first-order valence-electron chi connectivity index (χ1n) is 14.2. The number of unbranched alkanes of at least 4 members (excludes halogenated alkanes) is 2. The number of hydrogen-bond donors (Lipinski definition) is 2. The van der Waals surface area contributed by atoms with Crippen molar-refractivity contribution in [3.05, 3.63) is 34.2 Å². The Morgan fingerprint density at radius 3 is 2.46 bits per heavy atom. The number of rotatable bonds is 9. The molecule has 11 heteroatoms. The summed E-state index contributed by atoms with van der Waals surface area (Å²) in [4.78, 5) is 59.1. The lowest BCUT2D eigenvalue weighted by Crippen LogP contribution is -2.47. The van der Waals surface area contributed by atoms with Crippen LogP contribution in [0.2, 0.25) is 0 Å². The van der Waals surface area contributed by atoms with Crippen LogP contribution in [0.15, 0.2) is 28.0 Å². The summed E-state index contributed by atoms with van der Waals surface area (Å²) >= 11 is 0. The number of aromatic amines is 1. The number of amides is 2. The van der Waals surface area contributed by atoms with Crippen LogP contribution >= 0.6 is 0 Å². The normalized spacial score (nSPS) is 17.1. The second kappa shape index (κ2) is 14.2. The molecule has 2 N–H and O–H groups in total. The molecule has 1 aliphatic carbocycles. The molecule has 1 atom stereocenters. The Morgan fingerprint density at radius 2 is 1.85 bits per heavy atom. The molecule has 1 saturated carbocycles. The highest BCUT2D eigenvalue weighted by atomic mass is 16.5. The van der Waals surface area contributed by atoms with Crippen molar-refractivity contribution in [2.75, 3.05) is 20.8 Å². The maximum Gasteiger partial charge on any atom is 0.431 e. The van der Waals surface area contributed by atoms with E-state index >= 15 is 0 Å². The van der Waals surface area contributed by atoms with Gasteiger partial charge in [-0.15, -0.1) is 0 Å². The highest BCUT2D eigenvalue weighted by molar-refractivity contribution is 6.42. The van der Waals surface area contributed by atoms with Gasteiger partial charge in [0.25, 0.3) is 11.5 Å². The molecular weight excluding hydrogens is 528 g/mol. The standard InChI is InChI=1S/C17H22N2O2.C13H20N2O5/c1-21-13-9-10-14-16(11-13)19-17(20)15(18-14)6-4-2-3-5-12-7-8-12;1-13(2,3)9(14-12(18)19)10(16)15-7-5-6-8(15)11(17)20-4/h9-12H,2-8H2,1H3,(H,19,20);8H,5-7H2,1-4H3,(H,18,19)/b;14-9-. The van der Waals surface area contributed by atoms with Gasteiger partial charge in [-0.05, 0) is 43.7 Å². The zero-order chi connectivity index (χ0) is 30.2. The van der Waals surface area contributed by atoms with Crippen molar-refractivity contribution in [2.45, 2.75) is 84.6 Å². The number of carbonyl (C=O) groups excluding carboxylic acids is 2. The molecule has 2 amide bonds. The molecule has 0 bridgehead atoms. The molecule has 1 saturated heterocycles. The van der Waals surface area contributed by atoms with Gasteiger partial charge in [0.1, 0.15) is 23.2 Å². The number of aryl methyl sites for hydroxylation is 1. The van der Waals surface area contributed by atoms with Gasteiger partial charge in [-0.1, -0.05) is 52.9 Å². The molecule has 2 fully saturated rings. The Kier molecular flexibility index (Phi) is 11.0. The van der Waals surface area contributed by atoms with Crippen molar-refractivity contribution >= 4 is 34.7 Å². The highest BCUT2D eigenvalue weighted by Crippen LogP contribution is 2.34. The third-order valence-electron chi connectivity index (χ3n) is 7.30. The van der Waals surface area contributed by atoms with E-state index in [-0.39, 0.29) is 11.3 Å². The fraction of sp³-hybridized carbons (Fsp3) is 0.600. The number of nitrogens with zero attached hydrogens (tertiary/aromatic N) is 3. The largest absolute Gasteiger partial charge is 0.497 e. The summed E-state index contributed by atoms with van der Waals surface area (Å²) in [6, 6.07) is 4.91. The van der Waals surface area contributed by atoms with Gasteiger partial charge in [-0.25, -0.2) is 14.6 Å². The summed E-state index contributed by atoms with van der Waals surface area (Å²) in [5, 5.41) is 8.81. The summed E-state index contributed by atoms with van der Waals surface area (Å²) < 4.78 is 9.83. The first-order chi connectivity index (χ1) is 19.4. The summed E-state index contributed by atoms with van der Waals surface area (Å²) in [6.45, 7) is 5.51. The lowest BCUT2D eigenvalue weighted by atomic mass is 9.88. The van der Waals surface area contributed by atoms with E-state index in [0.717, 1.165) is 35.5 Å². The molecule has 4 rings (SSSR count). The molecule has 2 heterocycles. The van der Waals surface area contributed by atoms with E-state index in [1.54, 1.807) is 27.9 Å². The van der Waals surface area contributed by atoms with Crippen LogP contribution in [0.3, 0.4) is 0 Å². The second-order valence-corrected chi connectivity index (χ2v) is 11.6. The maximum absolute atomic E-state index is 12.5. The summed E-state index contributed by atoms with van der Waals surface area (Å²) in [7, 11) is 2.88. The third-order valence-corrected chi connectivity index (χ3v) is 7.30. The number of aliphatic imine (C=N–C) groups is 1. The van der Waals surface area contributed by atoms with Gasteiger partial charge >= 0.3 is 12.1 Å². The van der Waals surface area contributed by atoms with Crippen LogP contribution in [0.25, 0.3) is 11.0 Å². The number of likely N-dealkylation sites (tertiary alicyclic amines) is 1. The average Bonchev–Trinajstić information content (AvgIpc) is 3.62. The lowest BCUT2D eigenvalue weighted by molar-refractivity contribution is -0.149. The number of fused-ring (bicyclic) bond motifs is 1. The van der Waals surface area contributed by atoms with Gasteiger partial charge in [0.2, 0.25) is 0 Å². The van der Waals surface area contributed by atoms with Crippen LogP contribution in [0, 0.1) is 11.3 Å². The van der Waals surface area contributed by atoms with Crippen LogP contribution in [-0.2, 0) is 20.7 Å². The van der Waals surface area contributed by atoms with Crippen LogP contribution in [0.5, 0.6) is 5.75 Å². The van der Waals surface area contributed by atoms with Crippen LogP contribution in [0.1, 0.15) is 77.8 Å².